The zero-order chi connectivity index (χ0) is 11.7. The van der Waals surface area contributed by atoms with Crippen LogP contribution in [-0.2, 0) is 6.54 Å². The molecule has 3 rings (SSSR count). The minimum absolute atomic E-state index is 0.997. The Kier molecular flexibility index (Phi) is 2.87. The molecule has 17 heavy (non-hydrogen) atoms. The van der Waals surface area contributed by atoms with E-state index in [0.717, 1.165) is 38.3 Å². The maximum atomic E-state index is 5.57. The maximum Gasteiger partial charge on any atom is 0.134 e. The lowest BCUT2D eigenvalue weighted by Gasteiger charge is -2.32. The lowest BCUT2D eigenvalue weighted by molar-refractivity contribution is 0.148. The van der Waals surface area contributed by atoms with Crippen molar-refractivity contribution >= 4 is 11.0 Å². The Hall–Kier alpha value is -1.32. The van der Waals surface area contributed by atoms with E-state index in [0.29, 0.717) is 0 Å². The number of nitrogens with zero attached hydrogens (tertiary/aromatic N) is 2. The van der Waals surface area contributed by atoms with Gasteiger partial charge in [-0.15, -0.1) is 0 Å². The first kappa shape index (κ1) is 10.8. The second kappa shape index (κ2) is 4.51. The van der Waals surface area contributed by atoms with Gasteiger partial charge in [0.1, 0.15) is 5.58 Å². The zero-order valence-electron chi connectivity index (χ0n) is 10.2. The fraction of sp³-hybridized carbons (Fsp3) is 0.429. The number of piperazine rings is 1. The first-order valence-electron chi connectivity index (χ1n) is 6.19. The highest BCUT2D eigenvalue weighted by molar-refractivity contribution is 5.80. The van der Waals surface area contributed by atoms with Crippen molar-refractivity contribution in [2.24, 2.45) is 0 Å². The largest absolute Gasteiger partial charge is 0.464 e. The molecule has 0 atom stereocenters. The highest BCUT2D eigenvalue weighted by Crippen LogP contribution is 2.22. The van der Waals surface area contributed by atoms with Gasteiger partial charge in [-0.25, -0.2) is 0 Å². The van der Waals surface area contributed by atoms with E-state index in [2.05, 4.69) is 29.0 Å². The van der Waals surface area contributed by atoms with Gasteiger partial charge in [-0.3, -0.25) is 4.90 Å². The molecule has 0 radical (unpaired) electrons. The molecule has 1 aliphatic rings. The van der Waals surface area contributed by atoms with Gasteiger partial charge in [0, 0.05) is 43.7 Å². The molecular formula is C14H18N2O. The predicted molar refractivity (Wildman–Crippen MR) is 69.0 cm³/mol. The second-order valence-electron chi connectivity index (χ2n) is 4.84. The van der Waals surface area contributed by atoms with Crippen molar-refractivity contribution in [3.05, 3.63) is 36.1 Å². The van der Waals surface area contributed by atoms with E-state index in [1.54, 1.807) is 0 Å². The van der Waals surface area contributed by atoms with Crippen molar-refractivity contribution in [2.45, 2.75) is 6.54 Å². The number of rotatable bonds is 2. The Balaban J connectivity index is 1.76. The van der Waals surface area contributed by atoms with Crippen LogP contribution in [0.3, 0.4) is 0 Å². The molecule has 0 spiro atoms. The SMILES string of the molecule is CN1CCN(Cc2coc3ccccc23)CC1. The van der Waals surface area contributed by atoms with Crippen LogP contribution in [0.25, 0.3) is 11.0 Å². The third-order valence-corrected chi connectivity index (χ3v) is 3.55. The summed E-state index contributed by atoms with van der Waals surface area (Å²) < 4.78 is 5.57. The van der Waals surface area contributed by atoms with Crippen LogP contribution in [0.1, 0.15) is 5.56 Å². The Morgan fingerprint density at radius 2 is 1.88 bits per heavy atom. The van der Waals surface area contributed by atoms with Crippen molar-refractivity contribution in [3.8, 4) is 0 Å². The Morgan fingerprint density at radius 3 is 2.71 bits per heavy atom. The second-order valence-corrected chi connectivity index (χ2v) is 4.84. The average Bonchev–Trinajstić information content (AvgIpc) is 2.76. The van der Waals surface area contributed by atoms with Crippen molar-refractivity contribution < 1.29 is 4.42 Å². The van der Waals surface area contributed by atoms with E-state index >= 15 is 0 Å². The lowest BCUT2D eigenvalue weighted by atomic mass is 10.1. The van der Waals surface area contributed by atoms with Crippen LogP contribution < -0.4 is 0 Å². The summed E-state index contributed by atoms with van der Waals surface area (Å²) in [4.78, 5) is 4.88. The minimum atomic E-state index is 0.997. The summed E-state index contributed by atoms with van der Waals surface area (Å²) in [5, 5.41) is 1.26. The predicted octanol–water partition coefficient (Wildman–Crippen LogP) is 2.18. The molecule has 2 heterocycles. The van der Waals surface area contributed by atoms with Crippen LogP contribution >= 0.6 is 0 Å². The summed E-state index contributed by atoms with van der Waals surface area (Å²) in [5.41, 5.74) is 2.31. The van der Waals surface area contributed by atoms with Gasteiger partial charge < -0.3 is 9.32 Å². The minimum Gasteiger partial charge on any atom is -0.464 e. The van der Waals surface area contributed by atoms with Gasteiger partial charge >= 0.3 is 0 Å². The molecule has 1 fully saturated rings. The van der Waals surface area contributed by atoms with E-state index < -0.39 is 0 Å². The van der Waals surface area contributed by atoms with Crippen molar-refractivity contribution in [1.82, 2.24) is 9.80 Å². The molecule has 1 aromatic heterocycles. The van der Waals surface area contributed by atoms with Crippen molar-refractivity contribution in [1.29, 1.82) is 0 Å². The van der Waals surface area contributed by atoms with Crippen LogP contribution in [0.2, 0.25) is 0 Å². The summed E-state index contributed by atoms with van der Waals surface area (Å²) in [6.07, 6.45) is 1.91. The van der Waals surface area contributed by atoms with Crippen LogP contribution in [0.15, 0.2) is 34.9 Å². The van der Waals surface area contributed by atoms with E-state index in [1.165, 1.54) is 10.9 Å². The van der Waals surface area contributed by atoms with Gasteiger partial charge in [0.05, 0.1) is 6.26 Å². The van der Waals surface area contributed by atoms with Gasteiger partial charge in [0.25, 0.3) is 0 Å². The molecule has 0 bridgehead atoms. The number of hydrogen-bond donors (Lipinski definition) is 0. The quantitative estimate of drug-likeness (QED) is 0.788. The number of fused-ring (bicyclic) bond motifs is 1. The van der Waals surface area contributed by atoms with E-state index in [-0.39, 0.29) is 0 Å². The molecule has 2 aromatic rings. The number of hydrogen-bond acceptors (Lipinski definition) is 3. The normalized spacial score (nSPS) is 18.9. The molecule has 0 amide bonds. The fourth-order valence-electron chi connectivity index (χ4n) is 2.40. The fourth-order valence-corrected chi connectivity index (χ4v) is 2.40. The lowest BCUT2D eigenvalue weighted by Crippen LogP contribution is -2.43. The zero-order valence-corrected chi connectivity index (χ0v) is 10.2. The molecule has 1 aromatic carbocycles. The molecule has 0 unspecified atom stereocenters. The molecular weight excluding hydrogens is 212 g/mol. The van der Waals surface area contributed by atoms with Gasteiger partial charge in [-0.2, -0.15) is 0 Å². The summed E-state index contributed by atoms with van der Waals surface area (Å²) in [6.45, 7) is 5.63. The van der Waals surface area contributed by atoms with Crippen molar-refractivity contribution in [2.75, 3.05) is 33.2 Å². The molecule has 90 valence electrons. The third-order valence-electron chi connectivity index (χ3n) is 3.55. The highest BCUT2D eigenvalue weighted by Gasteiger charge is 2.15. The summed E-state index contributed by atoms with van der Waals surface area (Å²) in [7, 11) is 2.19. The molecule has 0 N–H and O–H groups in total. The summed E-state index contributed by atoms with van der Waals surface area (Å²) >= 11 is 0. The van der Waals surface area contributed by atoms with Gasteiger partial charge in [-0.05, 0) is 13.1 Å². The molecule has 3 heteroatoms. The third kappa shape index (κ3) is 2.21. The summed E-state index contributed by atoms with van der Waals surface area (Å²) in [6, 6.07) is 8.27. The van der Waals surface area contributed by atoms with Crippen LogP contribution in [0.5, 0.6) is 0 Å². The van der Waals surface area contributed by atoms with Crippen molar-refractivity contribution in [3.63, 3.8) is 0 Å². The number of para-hydroxylation sites is 1. The molecule has 1 saturated heterocycles. The first-order chi connectivity index (χ1) is 8.33. The highest BCUT2D eigenvalue weighted by atomic mass is 16.3. The number of benzene rings is 1. The van der Waals surface area contributed by atoms with Gasteiger partial charge in [0.2, 0.25) is 0 Å². The Labute approximate surface area is 102 Å². The number of likely N-dealkylation sites (N-methyl/N-ethyl adjacent to an activating group) is 1. The van der Waals surface area contributed by atoms with Gasteiger partial charge in [-0.1, -0.05) is 18.2 Å². The van der Waals surface area contributed by atoms with Crippen LogP contribution in [0, 0.1) is 0 Å². The molecule has 3 nitrogen and oxygen atoms in total. The average molecular weight is 230 g/mol. The molecule has 1 aliphatic heterocycles. The first-order valence-corrected chi connectivity index (χ1v) is 6.19. The molecule has 0 aliphatic carbocycles. The summed E-state index contributed by atoms with van der Waals surface area (Å²) in [5.74, 6) is 0. The smallest absolute Gasteiger partial charge is 0.134 e. The Morgan fingerprint density at radius 1 is 1.12 bits per heavy atom. The van der Waals surface area contributed by atoms with E-state index in [1.807, 2.05) is 18.4 Å². The van der Waals surface area contributed by atoms with Crippen LogP contribution in [-0.4, -0.2) is 43.0 Å². The monoisotopic (exact) mass is 230 g/mol. The van der Waals surface area contributed by atoms with E-state index in [9.17, 15) is 0 Å². The van der Waals surface area contributed by atoms with Gasteiger partial charge in [0.15, 0.2) is 0 Å². The maximum absolute atomic E-state index is 5.57. The molecule has 0 saturated carbocycles. The Bertz CT molecular complexity index is 498. The van der Waals surface area contributed by atoms with E-state index in [4.69, 9.17) is 4.42 Å². The topological polar surface area (TPSA) is 19.6 Å². The standard InChI is InChI=1S/C14H18N2O/c1-15-6-8-16(9-7-15)10-12-11-17-14-5-3-2-4-13(12)14/h2-5,11H,6-10H2,1H3. The number of furan rings is 1. The van der Waals surface area contributed by atoms with Crippen LogP contribution in [0.4, 0.5) is 0 Å².